The molecule has 1 heterocycles. The van der Waals surface area contributed by atoms with Gasteiger partial charge in [-0.3, -0.25) is 0 Å². The van der Waals surface area contributed by atoms with Crippen LogP contribution in [0, 0.1) is 0 Å². The van der Waals surface area contributed by atoms with Crippen molar-refractivity contribution in [3.05, 3.63) is 24.2 Å². The fourth-order valence-corrected chi connectivity index (χ4v) is 1.65. The van der Waals surface area contributed by atoms with Crippen LogP contribution in [0.1, 0.15) is 46.2 Å². The highest BCUT2D eigenvalue weighted by molar-refractivity contribution is 5.67. The first kappa shape index (κ1) is 15.6. The molecule has 2 atom stereocenters. The molecular formula is C14H24N2O3. The van der Waals surface area contributed by atoms with E-state index in [4.69, 9.17) is 9.15 Å². The zero-order chi connectivity index (χ0) is 14.5. The van der Waals surface area contributed by atoms with E-state index in [1.807, 2.05) is 33.8 Å². The second kappa shape index (κ2) is 6.61. The minimum absolute atomic E-state index is 0.136. The molecule has 0 fully saturated rings. The van der Waals surface area contributed by atoms with Gasteiger partial charge in [0, 0.05) is 24.2 Å². The molecule has 5 nitrogen and oxygen atoms in total. The lowest BCUT2D eigenvalue weighted by molar-refractivity contribution is 0.0522. The van der Waals surface area contributed by atoms with E-state index < -0.39 is 11.7 Å². The Morgan fingerprint density at radius 3 is 2.63 bits per heavy atom. The predicted octanol–water partition coefficient (Wildman–Crippen LogP) is 2.84. The van der Waals surface area contributed by atoms with Gasteiger partial charge in [0.1, 0.15) is 5.60 Å². The van der Waals surface area contributed by atoms with E-state index in [2.05, 4.69) is 17.6 Å². The van der Waals surface area contributed by atoms with E-state index in [1.54, 1.807) is 12.5 Å². The van der Waals surface area contributed by atoms with Crippen LogP contribution in [0.25, 0.3) is 0 Å². The van der Waals surface area contributed by atoms with Crippen LogP contribution >= 0.6 is 0 Å². The smallest absolute Gasteiger partial charge is 0.407 e. The highest BCUT2D eigenvalue weighted by Gasteiger charge is 2.17. The van der Waals surface area contributed by atoms with Crippen LogP contribution in [0.3, 0.4) is 0 Å². The molecule has 2 unspecified atom stereocenters. The van der Waals surface area contributed by atoms with E-state index in [1.165, 1.54) is 0 Å². The number of carbonyl (C=O) groups is 1. The lowest BCUT2D eigenvalue weighted by Crippen LogP contribution is -2.41. The Kier molecular flexibility index (Phi) is 5.42. The van der Waals surface area contributed by atoms with Gasteiger partial charge in [-0.05, 0) is 40.7 Å². The van der Waals surface area contributed by atoms with Crippen molar-refractivity contribution >= 4 is 6.09 Å². The Balaban J connectivity index is 2.28. The van der Waals surface area contributed by atoms with E-state index in [-0.39, 0.29) is 12.1 Å². The number of hydrogen-bond donors (Lipinski definition) is 2. The number of carbonyl (C=O) groups excluding carboxylic acids is 1. The zero-order valence-corrected chi connectivity index (χ0v) is 12.3. The molecule has 19 heavy (non-hydrogen) atoms. The molecule has 0 spiro atoms. The standard InChI is InChI=1S/C14H24N2O3/c1-10(8-15-13(17)19-14(3,4)5)16-11(2)12-6-7-18-9-12/h6-7,9-11,16H,8H2,1-5H3,(H,15,17). The fourth-order valence-electron chi connectivity index (χ4n) is 1.65. The van der Waals surface area contributed by atoms with Crippen LogP contribution in [0.5, 0.6) is 0 Å². The normalized spacial score (nSPS) is 14.8. The van der Waals surface area contributed by atoms with Crippen molar-refractivity contribution in [2.45, 2.75) is 52.3 Å². The molecule has 1 rings (SSSR count). The van der Waals surface area contributed by atoms with Crippen molar-refractivity contribution in [2.24, 2.45) is 0 Å². The van der Waals surface area contributed by atoms with Crippen LogP contribution in [-0.2, 0) is 4.74 Å². The number of ether oxygens (including phenoxy) is 1. The second-order valence-electron chi connectivity index (χ2n) is 5.73. The second-order valence-corrected chi connectivity index (χ2v) is 5.73. The minimum Gasteiger partial charge on any atom is -0.472 e. The monoisotopic (exact) mass is 268 g/mol. The number of furan rings is 1. The number of alkyl carbamates (subject to hydrolysis) is 1. The van der Waals surface area contributed by atoms with Gasteiger partial charge in [-0.25, -0.2) is 4.79 Å². The molecule has 0 radical (unpaired) electrons. The molecule has 2 N–H and O–H groups in total. The van der Waals surface area contributed by atoms with Crippen LogP contribution < -0.4 is 10.6 Å². The Labute approximate surface area is 114 Å². The van der Waals surface area contributed by atoms with Gasteiger partial charge in [0.2, 0.25) is 0 Å². The molecule has 0 aliphatic rings. The predicted molar refractivity (Wildman–Crippen MR) is 74.0 cm³/mol. The summed E-state index contributed by atoms with van der Waals surface area (Å²) in [4.78, 5) is 11.5. The Morgan fingerprint density at radius 1 is 1.42 bits per heavy atom. The number of rotatable bonds is 5. The van der Waals surface area contributed by atoms with Crippen LogP contribution in [0.2, 0.25) is 0 Å². The van der Waals surface area contributed by atoms with Crippen molar-refractivity contribution in [1.29, 1.82) is 0 Å². The number of amides is 1. The average molecular weight is 268 g/mol. The summed E-state index contributed by atoms with van der Waals surface area (Å²) < 4.78 is 10.2. The summed E-state index contributed by atoms with van der Waals surface area (Å²) in [5.41, 5.74) is 0.620. The molecule has 1 aromatic heterocycles. The number of hydrogen-bond acceptors (Lipinski definition) is 4. The minimum atomic E-state index is -0.467. The maximum atomic E-state index is 11.5. The Morgan fingerprint density at radius 2 is 2.11 bits per heavy atom. The summed E-state index contributed by atoms with van der Waals surface area (Å²) >= 11 is 0. The highest BCUT2D eigenvalue weighted by atomic mass is 16.6. The first-order valence-electron chi connectivity index (χ1n) is 6.53. The van der Waals surface area contributed by atoms with Crippen LogP contribution in [-0.4, -0.2) is 24.3 Å². The molecule has 1 aromatic rings. The lowest BCUT2D eigenvalue weighted by atomic mass is 10.1. The van der Waals surface area contributed by atoms with Gasteiger partial charge in [-0.2, -0.15) is 0 Å². The van der Waals surface area contributed by atoms with Gasteiger partial charge in [0.05, 0.1) is 12.5 Å². The molecule has 0 bridgehead atoms. The molecule has 0 saturated heterocycles. The van der Waals surface area contributed by atoms with Crippen molar-refractivity contribution < 1.29 is 13.9 Å². The summed E-state index contributed by atoms with van der Waals surface area (Å²) in [5.74, 6) is 0. The van der Waals surface area contributed by atoms with E-state index in [9.17, 15) is 4.79 Å². The maximum absolute atomic E-state index is 11.5. The van der Waals surface area contributed by atoms with Crippen molar-refractivity contribution in [1.82, 2.24) is 10.6 Å². The van der Waals surface area contributed by atoms with Gasteiger partial charge in [-0.15, -0.1) is 0 Å². The van der Waals surface area contributed by atoms with Gasteiger partial charge >= 0.3 is 6.09 Å². The average Bonchev–Trinajstić information content (AvgIpc) is 2.77. The van der Waals surface area contributed by atoms with Crippen molar-refractivity contribution in [3.8, 4) is 0 Å². The summed E-state index contributed by atoms with van der Waals surface area (Å²) in [6.07, 6.45) is 2.97. The molecule has 1 amide bonds. The van der Waals surface area contributed by atoms with E-state index in [0.717, 1.165) is 5.56 Å². The molecule has 108 valence electrons. The summed E-state index contributed by atoms with van der Waals surface area (Å²) in [5, 5.41) is 6.11. The van der Waals surface area contributed by atoms with Crippen molar-refractivity contribution in [3.63, 3.8) is 0 Å². The van der Waals surface area contributed by atoms with Gasteiger partial charge < -0.3 is 19.8 Å². The fraction of sp³-hybridized carbons (Fsp3) is 0.643. The van der Waals surface area contributed by atoms with Gasteiger partial charge in [0.15, 0.2) is 0 Å². The lowest BCUT2D eigenvalue weighted by Gasteiger charge is -2.22. The topological polar surface area (TPSA) is 63.5 Å². The first-order valence-corrected chi connectivity index (χ1v) is 6.53. The quantitative estimate of drug-likeness (QED) is 0.862. The molecule has 0 aromatic carbocycles. The van der Waals surface area contributed by atoms with E-state index >= 15 is 0 Å². The first-order chi connectivity index (χ1) is 8.78. The molecule has 5 heteroatoms. The number of nitrogens with one attached hydrogen (secondary N) is 2. The molecule has 0 aliphatic heterocycles. The third-order valence-corrected chi connectivity index (χ3v) is 2.53. The van der Waals surface area contributed by atoms with Crippen molar-refractivity contribution in [2.75, 3.05) is 6.54 Å². The van der Waals surface area contributed by atoms with Crippen LogP contribution in [0.15, 0.2) is 23.0 Å². The zero-order valence-electron chi connectivity index (χ0n) is 12.3. The summed E-state index contributed by atoms with van der Waals surface area (Å²) in [6, 6.07) is 2.23. The third-order valence-electron chi connectivity index (χ3n) is 2.53. The summed E-state index contributed by atoms with van der Waals surface area (Å²) in [7, 11) is 0. The highest BCUT2D eigenvalue weighted by Crippen LogP contribution is 2.12. The van der Waals surface area contributed by atoms with Gasteiger partial charge in [0.25, 0.3) is 0 Å². The molecular weight excluding hydrogens is 244 g/mol. The van der Waals surface area contributed by atoms with Gasteiger partial charge in [-0.1, -0.05) is 0 Å². The largest absolute Gasteiger partial charge is 0.472 e. The maximum Gasteiger partial charge on any atom is 0.407 e. The molecule has 0 saturated carbocycles. The van der Waals surface area contributed by atoms with E-state index in [0.29, 0.717) is 6.54 Å². The SMILES string of the molecule is CC(CNC(=O)OC(C)(C)C)NC(C)c1ccoc1. The summed E-state index contributed by atoms with van der Waals surface area (Å²) in [6.45, 7) is 10.1. The Hall–Kier alpha value is -1.49. The Bertz CT molecular complexity index is 382. The third kappa shape index (κ3) is 6.29. The van der Waals surface area contributed by atoms with Crippen LogP contribution in [0.4, 0.5) is 4.79 Å². The molecule has 0 aliphatic carbocycles.